The van der Waals surface area contributed by atoms with E-state index in [9.17, 15) is 5.11 Å². The van der Waals surface area contributed by atoms with Gasteiger partial charge in [-0.15, -0.1) is 0 Å². The summed E-state index contributed by atoms with van der Waals surface area (Å²) in [6.07, 6.45) is 8.76. The summed E-state index contributed by atoms with van der Waals surface area (Å²) in [4.78, 5) is 2.38. The topological polar surface area (TPSA) is 32.7 Å². The number of aliphatic hydroxyl groups is 1. The first kappa shape index (κ1) is 17.7. The Labute approximate surface area is 130 Å². The minimum atomic E-state index is 0.231. The maximum Gasteiger partial charge on any atom is 0.185 e. The summed E-state index contributed by atoms with van der Waals surface area (Å²) in [6, 6.07) is 0. The molecule has 0 aromatic rings. The van der Waals surface area contributed by atoms with Crippen LogP contribution in [-0.2, 0) is 4.74 Å². The largest absolute Gasteiger partial charge is 0.505 e. The maximum absolute atomic E-state index is 9.36. The molecule has 0 radical (unpaired) electrons. The quantitative estimate of drug-likeness (QED) is 0.517. The number of piperidine rings is 1. The predicted molar refractivity (Wildman–Crippen MR) is 88.0 cm³/mol. The van der Waals surface area contributed by atoms with Gasteiger partial charge in [-0.05, 0) is 57.9 Å². The van der Waals surface area contributed by atoms with Crippen molar-refractivity contribution in [3.8, 4) is 0 Å². The Kier molecular flexibility index (Phi) is 8.07. The number of aliphatic hydroxyl groups excluding tert-OH is 1. The molecule has 0 aliphatic carbocycles. The first-order valence-electron chi connectivity index (χ1n) is 8.26. The van der Waals surface area contributed by atoms with Gasteiger partial charge in [0, 0.05) is 19.5 Å². The molecule has 3 heteroatoms. The Bertz CT molecular complexity index is 373. The van der Waals surface area contributed by atoms with Gasteiger partial charge in [0.25, 0.3) is 0 Å². The van der Waals surface area contributed by atoms with Gasteiger partial charge in [-0.3, -0.25) is 0 Å². The second-order valence-electron chi connectivity index (χ2n) is 6.06. The van der Waals surface area contributed by atoms with Crippen LogP contribution in [0.2, 0.25) is 0 Å². The van der Waals surface area contributed by atoms with E-state index in [0.29, 0.717) is 12.2 Å². The van der Waals surface area contributed by atoms with Gasteiger partial charge in [0.15, 0.2) is 5.88 Å². The van der Waals surface area contributed by atoms with Crippen molar-refractivity contribution in [2.45, 2.75) is 65.4 Å². The van der Waals surface area contributed by atoms with Crippen molar-refractivity contribution < 1.29 is 9.84 Å². The number of hydrogen-bond acceptors (Lipinski definition) is 3. The van der Waals surface area contributed by atoms with Gasteiger partial charge in [-0.2, -0.15) is 0 Å². The third-order valence-corrected chi connectivity index (χ3v) is 3.89. The second-order valence-corrected chi connectivity index (χ2v) is 6.06. The van der Waals surface area contributed by atoms with E-state index in [2.05, 4.69) is 44.1 Å². The SMILES string of the molecule is C=C=C(O)CCCC1CCN(/C(=C/CC)OC(C)C)CC1. The van der Waals surface area contributed by atoms with Crippen LogP contribution in [0.3, 0.4) is 0 Å². The van der Waals surface area contributed by atoms with E-state index in [1.807, 2.05) is 0 Å². The van der Waals surface area contributed by atoms with Gasteiger partial charge in [-0.1, -0.05) is 19.2 Å². The lowest BCUT2D eigenvalue weighted by atomic mass is 9.91. The molecule has 1 aliphatic heterocycles. The van der Waals surface area contributed by atoms with E-state index in [1.165, 1.54) is 19.3 Å². The normalized spacial score (nSPS) is 17.0. The number of allylic oxidation sites excluding steroid dienone is 2. The lowest BCUT2D eigenvalue weighted by Crippen LogP contribution is -2.34. The number of ether oxygens (including phenoxy) is 1. The molecule has 0 atom stereocenters. The van der Waals surface area contributed by atoms with Gasteiger partial charge in [-0.25, -0.2) is 0 Å². The monoisotopic (exact) mass is 293 g/mol. The van der Waals surface area contributed by atoms with Crippen molar-refractivity contribution in [3.63, 3.8) is 0 Å². The van der Waals surface area contributed by atoms with E-state index in [0.717, 1.165) is 37.7 Å². The molecule has 0 aromatic heterocycles. The molecule has 1 aliphatic rings. The van der Waals surface area contributed by atoms with Crippen LogP contribution < -0.4 is 0 Å². The molecule has 1 saturated heterocycles. The maximum atomic E-state index is 9.36. The van der Waals surface area contributed by atoms with Gasteiger partial charge in [0.05, 0.1) is 6.10 Å². The molecular formula is C18H31NO2. The highest BCUT2D eigenvalue weighted by Gasteiger charge is 2.21. The molecular weight excluding hydrogens is 262 g/mol. The lowest BCUT2D eigenvalue weighted by molar-refractivity contribution is 0.0518. The fourth-order valence-electron chi connectivity index (χ4n) is 2.76. The summed E-state index contributed by atoms with van der Waals surface area (Å²) >= 11 is 0. The highest BCUT2D eigenvalue weighted by Crippen LogP contribution is 2.26. The van der Waals surface area contributed by atoms with Crippen LogP contribution in [0.5, 0.6) is 0 Å². The molecule has 1 rings (SSSR count). The van der Waals surface area contributed by atoms with Crippen molar-refractivity contribution in [2.24, 2.45) is 5.92 Å². The molecule has 3 nitrogen and oxygen atoms in total. The molecule has 0 aromatic carbocycles. The summed E-state index contributed by atoms with van der Waals surface area (Å²) in [5.74, 6) is 2.12. The van der Waals surface area contributed by atoms with Crippen molar-refractivity contribution in [1.29, 1.82) is 0 Å². The molecule has 1 N–H and O–H groups in total. The first-order valence-corrected chi connectivity index (χ1v) is 8.26. The minimum absolute atomic E-state index is 0.231. The summed E-state index contributed by atoms with van der Waals surface area (Å²) in [5, 5.41) is 9.36. The third-order valence-electron chi connectivity index (χ3n) is 3.89. The van der Waals surface area contributed by atoms with Crippen LogP contribution in [0.1, 0.15) is 59.3 Å². The smallest absolute Gasteiger partial charge is 0.185 e. The van der Waals surface area contributed by atoms with E-state index < -0.39 is 0 Å². The summed E-state index contributed by atoms with van der Waals surface area (Å²) in [5.41, 5.74) is 2.55. The molecule has 1 heterocycles. The molecule has 0 amide bonds. The van der Waals surface area contributed by atoms with Crippen molar-refractivity contribution in [3.05, 3.63) is 30.0 Å². The third kappa shape index (κ3) is 6.77. The van der Waals surface area contributed by atoms with Gasteiger partial charge < -0.3 is 14.7 Å². The highest BCUT2D eigenvalue weighted by atomic mass is 16.5. The van der Waals surface area contributed by atoms with Crippen LogP contribution >= 0.6 is 0 Å². The Morgan fingerprint density at radius 2 is 2.10 bits per heavy atom. The number of likely N-dealkylation sites (tertiary alicyclic amines) is 1. The fraction of sp³-hybridized carbons (Fsp3) is 0.722. The molecule has 0 spiro atoms. The van der Waals surface area contributed by atoms with Gasteiger partial charge in [0.2, 0.25) is 0 Å². The van der Waals surface area contributed by atoms with E-state index in [4.69, 9.17) is 4.74 Å². The van der Waals surface area contributed by atoms with Crippen molar-refractivity contribution >= 4 is 0 Å². The molecule has 0 unspecified atom stereocenters. The number of rotatable bonds is 8. The lowest BCUT2D eigenvalue weighted by Gasteiger charge is -2.35. The van der Waals surface area contributed by atoms with E-state index in [1.54, 1.807) is 0 Å². The van der Waals surface area contributed by atoms with Crippen LogP contribution in [0, 0.1) is 5.92 Å². The van der Waals surface area contributed by atoms with Gasteiger partial charge in [0.1, 0.15) is 5.76 Å². The van der Waals surface area contributed by atoms with Crippen molar-refractivity contribution in [1.82, 2.24) is 4.90 Å². The molecule has 120 valence electrons. The zero-order chi connectivity index (χ0) is 15.7. The van der Waals surface area contributed by atoms with Crippen LogP contribution in [0.15, 0.2) is 30.0 Å². The summed E-state index contributed by atoms with van der Waals surface area (Å²) in [6.45, 7) is 11.9. The second kappa shape index (κ2) is 9.57. The Balaban J connectivity index is 2.36. The van der Waals surface area contributed by atoms with Crippen LogP contribution in [0.4, 0.5) is 0 Å². The Hall–Kier alpha value is -1.34. The van der Waals surface area contributed by atoms with E-state index in [-0.39, 0.29) is 6.10 Å². The molecule has 21 heavy (non-hydrogen) atoms. The van der Waals surface area contributed by atoms with Gasteiger partial charge >= 0.3 is 0 Å². The first-order chi connectivity index (χ1) is 10.1. The average molecular weight is 293 g/mol. The molecule has 0 bridgehead atoms. The fourth-order valence-corrected chi connectivity index (χ4v) is 2.76. The Morgan fingerprint density at radius 1 is 1.43 bits per heavy atom. The predicted octanol–water partition coefficient (Wildman–Crippen LogP) is 4.77. The number of hydrogen-bond donors (Lipinski definition) is 1. The Morgan fingerprint density at radius 3 is 2.62 bits per heavy atom. The summed E-state index contributed by atoms with van der Waals surface area (Å²) in [7, 11) is 0. The summed E-state index contributed by atoms with van der Waals surface area (Å²) < 4.78 is 5.93. The van der Waals surface area contributed by atoms with Crippen LogP contribution in [0.25, 0.3) is 0 Å². The standard InChI is InChI=1S/C18H31NO2/c1-5-8-18(21-15(3)4)19-13-11-16(12-14-19)9-7-10-17(20)6-2/h8,15-16,20H,2,5,7,9-14H2,1,3-4H3/b18-8-. The van der Waals surface area contributed by atoms with E-state index >= 15 is 0 Å². The highest BCUT2D eigenvalue weighted by molar-refractivity contribution is 4.95. The number of nitrogens with zero attached hydrogens (tertiary/aromatic N) is 1. The zero-order valence-corrected chi connectivity index (χ0v) is 13.9. The zero-order valence-electron chi connectivity index (χ0n) is 13.9. The minimum Gasteiger partial charge on any atom is -0.505 e. The van der Waals surface area contributed by atoms with Crippen molar-refractivity contribution in [2.75, 3.05) is 13.1 Å². The average Bonchev–Trinajstić information content (AvgIpc) is 2.47. The van der Waals surface area contributed by atoms with Crippen LogP contribution in [-0.4, -0.2) is 29.2 Å². The molecule has 0 saturated carbocycles. The molecule has 1 fully saturated rings.